The smallest absolute Gasteiger partial charge is 0.179 e. The van der Waals surface area contributed by atoms with Gasteiger partial charge in [-0.1, -0.05) is 48.5 Å². The van der Waals surface area contributed by atoms with Crippen LogP contribution >= 0.6 is 0 Å². The van der Waals surface area contributed by atoms with E-state index in [9.17, 15) is 0 Å². The number of hydrogen-bond donors (Lipinski definition) is 0. The van der Waals surface area contributed by atoms with Crippen molar-refractivity contribution in [2.75, 3.05) is 28.4 Å². The summed E-state index contributed by atoms with van der Waals surface area (Å²) >= 11 is 0. The quantitative estimate of drug-likeness (QED) is 0.302. The fourth-order valence-electron chi connectivity index (χ4n) is 4.36. The van der Waals surface area contributed by atoms with E-state index in [4.69, 9.17) is 18.9 Å². The Balaban J connectivity index is 2.05. The van der Waals surface area contributed by atoms with Crippen LogP contribution in [0, 0.1) is 0 Å². The lowest BCUT2D eigenvalue weighted by Gasteiger charge is -2.34. The molecule has 0 aliphatic heterocycles. The molecule has 0 unspecified atom stereocenters. The Kier molecular flexibility index (Phi) is 6.70. The molecule has 0 atom stereocenters. The molecular weight excluding hydrogens is 428 g/mol. The topological polar surface area (TPSA) is 36.9 Å². The molecule has 0 aliphatic carbocycles. The standard InChI is InChI=1S/C28H28O4Si/c1-29-21-5-13-25(14-6-21)33(26-15-7-22(30-2)8-16-26,27-17-9-23(31-3)10-18-27)28-19-11-24(32-4)12-20-28/h5-20H,1-4H3. The van der Waals surface area contributed by atoms with E-state index < -0.39 is 8.07 Å². The van der Waals surface area contributed by atoms with Gasteiger partial charge in [-0.3, -0.25) is 0 Å². The zero-order valence-electron chi connectivity index (χ0n) is 19.4. The van der Waals surface area contributed by atoms with Crippen LogP contribution in [0.2, 0.25) is 0 Å². The summed E-state index contributed by atoms with van der Waals surface area (Å²) in [5, 5.41) is 5.01. The van der Waals surface area contributed by atoms with E-state index >= 15 is 0 Å². The highest BCUT2D eigenvalue weighted by Crippen LogP contribution is 2.18. The number of benzene rings is 4. The van der Waals surface area contributed by atoms with E-state index in [0.717, 1.165) is 23.0 Å². The van der Waals surface area contributed by atoms with Crippen molar-refractivity contribution >= 4 is 28.8 Å². The van der Waals surface area contributed by atoms with Crippen LogP contribution in [0.3, 0.4) is 0 Å². The maximum absolute atomic E-state index is 5.46. The third-order valence-corrected chi connectivity index (χ3v) is 10.9. The summed E-state index contributed by atoms with van der Waals surface area (Å²) in [7, 11) is 4.10. The first-order valence-corrected chi connectivity index (χ1v) is 12.7. The molecule has 0 radical (unpaired) electrons. The van der Waals surface area contributed by atoms with Crippen molar-refractivity contribution < 1.29 is 18.9 Å². The van der Waals surface area contributed by atoms with Gasteiger partial charge in [0, 0.05) is 0 Å². The van der Waals surface area contributed by atoms with Gasteiger partial charge in [0.25, 0.3) is 0 Å². The number of methoxy groups -OCH3 is 4. The van der Waals surface area contributed by atoms with E-state index in [0.29, 0.717) is 0 Å². The molecule has 0 N–H and O–H groups in total. The fourth-order valence-corrected chi connectivity index (χ4v) is 9.03. The van der Waals surface area contributed by atoms with E-state index in [1.165, 1.54) is 20.7 Å². The molecule has 168 valence electrons. The van der Waals surface area contributed by atoms with Gasteiger partial charge in [0.15, 0.2) is 8.07 Å². The SMILES string of the molecule is COc1ccc([Si](c2ccc(OC)cc2)(c2ccc(OC)cc2)c2ccc(OC)cc2)cc1. The van der Waals surface area contributed by atoms with Crippen LogP contribution in [0.25, 0.3) is 0 Å². The summed E-state index contributed by atoms with van der Waals surface area (Å²) in [6.07, 6.45) is 0. The predicted molar refractivity (Wildman–Crippen MR) is 136 cm³/mol. The maximum Gasteiger partial charge on any atom is 0.179 e. The minimum absolute atomic E-state index is 0.834. The summed E-state index contributed by atoms with van der Waals surface area (Å²) in [5.41, 5.74) is 0. The van der Waals surface area contributed by atoms with Crippen LogP contribution < -0.4 is 39.7 Å². The molecule has 0 spiro atoms. The normalized spacial score (nSPS) is 11.0. The minimum atomic E-state index is -2.66. The first-order valence-electron chi connectivity index (χ1n) is 10.7. The third kappa shape index (κ3) is 4.20. The number of rotatable bonds is 8. The van der Waals surface area contributed by atoms with E-state index in [-0.39, 0.29) is 0 Å². The molecule has 4 aromatic carbocycles. The van der Waals surface area contributed by atoms with Crippen molar-refractivity contribution in [3.63, 3.8) is 0 Å². The number of ether oxygens (including phenoxy) is 4. The Morgan fingerprint density at radius 2 is 0.515 bits per heavy atom. The molecule has 4 rings (SSSR count). The van der Waals surface area contributed by atoms with Gasteiger partial charge in [-0.2, -0.15) is 0 Å². The molecule has 4 nitrogen and oxygen atoms in total. The van der Waals surface area contributed by atoms with Gasteiger partial charge in [0.2, 0.25) is 0 Å². The summed E-state index contributed by atoms with van der Waals surface area (Å²) in [5.74, 6) is 3.34. The fraction of sp³-hybridized carbons (Fsp3) is 0.143. The van der Waals surface area contributed by atoms with Gasteiger partial charge in [-0.05, 0) is 69.3 Å². The van der Waals surface area contributed by atoms with Crippen molar-refractivity contribution in [2.45, 2.75) is 0 Å². The Hall–Kier alpha value is -3.70. The lowest BCUT2D eigenvalue weighted by atomic mass is 10.3. The highest BCUT2D eigenvalue weighted by atomic mass is 28.3. The molecule has 0 aromatic heterocycles. The van der Waals surface area contributed by atoms with Crippen molar-refractivity contribution in [1.82, 2.24) is 0 Å². The molecule has 0 fully saturated rings. The molecule has 5 heteroatoms. The summed E-state index contributed by atoms with van der Waals surface area (Å²) in [6, 6.07) is 33.8. The molecule has 0 heterocycles. The molecule has 4 aromatic rings. The number of hydrogen-bond acceptors (Lipinski definition) is 4. The highest BCUT2D eigenvalue weighted by Gasteiger charge is 2.41. The van der Waals surface area contributed by atoms with Gasteiger partial charge in [-0.25, -0.2) is 0 Å². The summed E-state index contributed by atoms with van der Waals surface area (Å²) in [6.45, 7) is 0. The molecular formula is C28H28O4Si. The van der Waals surface area contributed by atoms with Crippen LogP contribution in [-0.4, -0.2) is 36.5 Å². The monoisotopic (exact) mass is 456 g/mol. The van der Waals surface area contributed by atoms with Crippen LogP contribution in [0.1, 0.15) is 0 Å². The summed E-state index contributed by atoms with van der Waals surface area (Å²) in [4.78, 5) is 0. The molecule has 0 aliphatic rings. The van der Waals surface area contributed by atoms with Gasteiger partial charge < -0.3 is 18.9 Å². The molecule has 0 saturated carbocycles. The second kappa shape index (κ2) is 9.84. The molecule has 0 amide bonds. The Morgan fingerprint density at radius 1 is 0.333 bits per heavy atom. The van der Waals surface area contributed by atoms with E-state index in [1.807, 2.05) is 48.5 Å². The van der Waals surface area contributed by atoms with Crippen molar-refractivity contribution in [3.8, 4) is 23.0 Å². The van der Waals surface area contributed by atoms with Crippen LogP contribution in [0.5, 0.6) is 23.0 Å². The minimum Gasteiger partial charge on any atom is -0.497 e. The zero-order valence-corrected chi connectivity index (χ0v) is 20.4. The van der Waals surface area contributed by atoms with Crippen LogP contribution in [0.15, 0.2) is 97.1 Å². The van der Waals surface area contributed by atoms with E-state index in [2.05, 4.69) is 48.5 Å². The van der Waals surface area contributed by atoms with Crippen LogP contribution in [-0.2, 0) is 0 Å². The Labute approximate surface area is 196 Å². The molecule has 0 bridgehead atoms. The maximum atomic E-state index is 5.46. The highest BCUT2D eigenvalue weighted by molar-refractivity contribution is 7.19. The lowest BCUT2D eigenvalue weighted by Crippen LogP contribution is -2.74. The lowest BCUT2D eigenvalue weighted by molar-refractivity contribution is 0.415. The van der Waals surface area contributed by atoms with Crippen molar-refractivity contribution in [3.05, 3.63) is 97.1 Å². The van der Waals surface area contributed by atoms with Gasteiger partial charge in [0.05, 0.1) is 28.4 Å². The Bertz CT molecular complexity index is 973. The van der Waals surface area contributed by atoms with Gasteiger partial charge in [-0.15, -0.1) is 0 Å². The predicted octanol–water partition coefficient (Wildman–Crippen LogP) is 3.10. The second-order valence-corrected chi connectivity index (χ2v) is 11.5. The zero-order chi connectivity index (χ0) is 23.3. The molecule has 0 saturated heterocycles. The van der Waals surface area contributed by atoms with Gasteiger partial charge >= 0.3 is 0 Å². The molecule has 33 heavy (non-hydrogen) atoms. The average molecular weight is 457 g/mol. The van der Waals surface area contributed by atoms with Crippen LogP contribution in [0.4, 0.5) is 0 Å². The first-order chi connectivity index (χ1) is 16.1. The van der Waals surface area contributed by atoms with E-state index in [1.54, 1.807) is 28.4 Å². The largest absolute Gasteiger partial charge is 0.497 e. The van der Waals surface area contributed by atoms with Gasteiger partial charge in [0.1, 0.15) is 23.0 Å². The third-order valence-electron chi connectivity index (χ3n) is 6.09. The van der Waals surface area contributed by atoms with Crippen molar-refractivity contribution in [2.24, 2.45) is 0 Å². The summed E-state index contributed by atoms with van der Waals surface area (Å²) < 4.78 is 21.8. The Morgan fingerprint density at radius 3 is 0.667 bits per heavy atom. The second-order valence-electron chi connectivity index (χ2n) is 7.66. The first kappa shape index (κ1) is 22.5. The van der Waals surface area contributed by atoms with Crippen molar-refractivity contribution in [1.29, 1.82) is 0 Å². The average Bonchev–Trinajstić information content (AvgIpc) is 2.90.